The Balaban J connectivity index is 1.53. The third kappa shape index (κ3) is 3.18. The molecular weight excluding hydrogens is 270 g/mol. The lowest BCUT2D eigenvalue weighted by molar-refractivity contribution is -0.385. The van der Waals surface area contributed by atoms with Gasteiger partial charge in [-0.05, 0) is 18.9 Å². The number of rotatable bonds is 5. The average molecular weight is 287 g/mol. The van der Waals surface area contributed by atoms with Crippen molar-refractivity contribution in [2.45, 2.75) is 32.2 Å². The van der Waals surface area contributed by atoms with Crippen LogP contribution in [-0.2, 0) is 19.4 Å². The number of aromatic nitrogens is 3. The van der Waals surface area contributed by atoms with Crippen molar-refractivity contribution >= 4 is 11.5 Å². The number of hydrogen-bond donors (Lipinski definition) is 1. The van der Waals surface area contributed by atoms with Gasteiger partial charge < -0.3 is 9.88 Å². The fourth-order valence-electron chi connectivity index (χ4n) is 2.51. The number of nitrogens with one attached hydrogen (secondary N) is 1. The molecule has 1 aliphatic rings. The van der Waals surface area contributed by atoms with E-state index in [1.807, 2.05) is 0 Å². The Bertz CT molecular complexity index is 612. The van der Waals surface area contributed by atoms with Gasteiger partial charge in [0.15, 0.2) is 0 Å². The molecule has 21 heavy (non-hydrogen) atoms. The molecule has 0 fully saturated rings. The minimum atomic E-state index is -0.452. The van der Waals surface area contributed by atoms with E-state index in [9.17, 15) is 10.1 Å². The maximum Gasteiger partial charge on any atom is 0.287 e. The molecule has 7 heteroatoms. The molecular formula is C14H17N5O2. The van der Waals surface area contributed by atoms with Crippen molar-refractivity contribution < 1.29 is 4.92 Å². The molecule has 0 atom stereocenters. The Labute approximate surface area is 122 Å². The molecule has 0 unspecified atom stereocenters. The number of fused-ring (bicyclic) bond motifs is 1. The van der Waals surface area contributed by atoms with Crippen LogP contribution >= 0.6 is 0 Å². The highest BCUT2D eigenvalue weighted by molar-refractivity contribution is 5.40. The third-order valence-corrected chi connectivity index (χ3v) is 3.60. The number of hydrogen-bond acceptors (Lipinski definition) is 5. The van der Waals surface area contributed by atoms with Gasteiger partial charge in [0.05, 0.1) is 10.6 Å². The van der Waals surface area contributed by atoms with Gasteiger partial charge in [0.2, 0.25) is 0 Å². The molecule has 1 N–H and O–H groups in total. The lowest BCUT2D eigenvalue weighted by Gasteiger charge is -2.11. The lowest BCUT2D eigenvalue weighted by Crippen LogP contribution is -2.08. The highest BCUT2D eigenvalue weighted by Gasteiger charge is 2.11. The number of aryl methyl sites for hydroxylation is 2. The summed E-state index contributed by atoms with van der Waals surface area (Å²) in [6, 6.07) is 3.07. The van der Waals surface area contributed by atoms with Crippen molar-refractivity contribution in [3.05, 3.63) is 46.2 Å². The van der Waals surface area contributed by atoms with E-state index in [0.29, 0.717) is 12.4 Å². The highest BCUT2D eigenvalue weighted by Crippen LogP contribution is 2.15. The summed E-state index contributed by atoms with van der Waals surface area (Å²) >= 11 is 0. The van der Waals surface area contributed by atoms with Gasteiger partial charge in [-0.3, -0.25) is 10.1 Å². The number of nitrogens with zero attached hydrogens (tertiary/aromatic N) is 4. The van der Waals surface area contributed by atoms with E-state index < -0.39 is 4.92 Å². The molecule has 0 amide bonds. The summed E-state index contributed by atoms with van der Waals surface area (Å²) in [7, 11) is 0. The molecule has 110 valence electrons. The van der Waals surface area contributed by atoms with Crippen molar-refractivity contribution in [3.63, 3.8) is 0 Å². The topological polar surface area (TPSA) is 85.9 Å². The van der Waals surface area contributed by atoms with E-state index in [0.717, 1.165) is 25.1 Å². The lowest BCUT2D eigenvalue weighted by atomic mass is 10.2. The van der Waals surface area contributed by atoms with Crippen LogP contribution in [-0.4, -0.2) is 26.0 Å². The van der Waals surface area contributed by atoms with E-state index in [-0.39, 0.29) is 5.69 Å². The maximum atomic E-state index is 10.5. The van der Waals surface area contributed by atoms with Gasteiger partial charge in [-0.25, -0.2) is 9.97 Å². The molecule has 1 aliphatic heterocycles. The summed E-state index contributed by atoms with van der Waals surface area (Å²) in [5, 5.41) is 13.7. The van der Waals surface area contributed by atoms with Crippen LogP contribution in [0.3, 0.4) is 0 Å². The molecule has 7 nitrogen and oxygen atoms in total. The van der Waals surface area contributed by atoms with Crippen LogP contribution in [0.15, 0.2) is 24.5 Å². The van der Waals surface area contributed by atoms with Gasteiger partial charge in [-0.15, -0.1) is 0 Å². The zero-order valence-electron chi connectivity index (χ0n) is 11.7. The van der Waals surface area contributed by atoms with Crippen molar-refractivity contribution in [1.29, 1.82) is 0 Å². The van der Waals surface area contributed by atoms with Crippen LogP contribution in [0.25, 0.3) is 0 Å². The number of imidazole rings is 1. The van der Waals surface area contributed by atoms with Gasteiger partial charge in [0.1, 0.15) is 17.8 Å². The summed E-state index contributed by atoms with van der Waals surface area (Å²) < 4.78 is 2.24. The fourth-order valence-corrected chi connectivity index (χ4v) is 2.51. The first-order valence-corrected chi connectivity index (χ1v) is 7.11. The second-order valence-corrected chi connectivity index (χ2v) is 5.13. The zero-order valence-corrected chi connectivity index (χ0v) is 11.7. The number of nitro groups is 1. The number of pyridine rings is 1. The van der Waals surface area contributed by atoms with E-state index in [1.54, 1.807) is 6.07 Å². The van der Waals surface area contributed by atoms with Crippen LogP contribution in [0.1, 0.15) is 24.4 Å². The fraction of sp³-hybridized carbons (Fsp3) is 0.429. The standard InChI is InChI=1S/C14H17N5O2/c20-19(21)12-4-5-13(16-9-12)15-7-6-11-10-18-8-2-1-3-14(18)17-11/h4-5,9-10H,1-3,6-8H2,(H,15,16). The number of anilines is 1. The summed E-state index contributed by atoms with van der Waals surface area (Å²) in [6.07, 6.45) is 7.72. The van der Waals surface area contributed by atoms with Crippen molar-refractivity contribution in [3.8, 4) is 0 Å². The maximum absolute atomic E-state index is 10.5. The van der Waals surface area contributed by atoms with Gasteiger partial charge in [0, 0.05) is 38.2 Å². The quantitative estimate of drug-likeness (QED) is 0.673. The van der Waals surface area contributed by atoms with Crippen LogP contribution in [0, 0.1) is 10.1 Å². The molecule has 0 saturated carbocycles. The van der Waals surface area contributed by atoms with E-state index in [4.69, 9.17) is 0 Å². The van der Waals surface area contributed by atoms with E-state index >= 15 is 0 Å². The summed E-state index contributed by atoms with van der Waals surface area (Å²) in [6.45, 7) is 1.78. The summed E-state index contributed by atoms with van der Waals surface area (Å²) in [4.78, 5) is 18.7. The molecule has 0 saturated heterocycles. The van der Waals surface area contributed by atoms with Gasteiger partial charge >= 0.3 is 0 Å². The van der Waals surface area contributed by atoms with Crippen molar-refractivity contribution in [1.82, 2.24) is 14.5 Å². The minimum Gasteiger partial charge on any atom is -0.370 e. The van der Waals surface area contributed by atoms with Crippen LogP contribution in [0.2, 0.25) is 0 Å². The zero-order chi connectivity index (χ0) is 14.7. The second-order valence-electron chi connectivity index (χ2n) is 5.13. The predicted molar refractivity (Wildman–Crippen MR) is 78.3 cm³/mol. The van der Waals surface area contributed by atoms with Crippen LogP contribution < -0.4 is 5.32 Å². The molecule has 0 aliphatic carbocycles. The molecule has 2 aromatic rings. The molecule has 0 bridgehead atoms. The Morgan fingerprint density at radius 3 is 3.00 bits per heavy atom. The molecule has 3 heterocycles. The van der Waals surface area contributed by atoms with Gasteiger partial charge in [0.25, 0.3) is 5.69 Å². The first kappa shape index (κ1) is 13.5. The smallest absolute Gasteiger partial charge is 0.287 e. The van der Waals surface area contributed by atoms with Gasteiger partial charge in [-0.1, -0.05) is 0 Å². The molecule has 0 radical (unpaired) electrons. The normalized spacial score (nSPS) is 13.7. The Morgan fingerprint density at radius 1 is 1.38 bits per heavy atom. The third-order valence-electron chi connectivity index (χ3n) is 3.60. The Hall–Kier alpha value is -2.44. The predicted octanol–water partition coefficient (Wildman–Crippen LogP) is 2.18. The van der Waals surface area contributed by atoms with E-state index in [2.05, 4.69) is 26.0 Å². The second kappa shape index (κ2) is 5.90. The molecule has 0 aromatic carbocycles. The van der Waals surface area contributed by atoms with Crippen LogP contribution in [0.4, 0.5) is 11.5 Å². The average Bonchev–Trinajstić information content (AvgIpc) is 2.90. The highest BCUT2D eigenvalue weighted by atomic mass is 16.6. The first-order valence-electron chi connectivity index (χ1n) is 7.11. The summed E-state index contributed by atoms with van der Waals surface area (Å²) in [5.41, 5.74) is 1.09. The molecule has 3 rings (SSSR count). The van der Waals surface area contributed by atoms with Crippen molar-refractivity contribution in [2.75, 3.05) is 11.9 Å². The summed E-state index contributed by atoms with van der Waals surface area (Å²) in [5.74, 6) is 1.83. The van der Waals surface area contributed by atoms with Crippen LogP contribution in [0.5, 0.6) is 0 Å². The Kier molecular flexibility index (Phi) is 3.81. The Morgan fingerprint density at radius 2 is 2.29 bits per heavy atom. The SMILES string of the molecule is O=[N+]([O-])c1ccc(NCCc2cn3c(n2)CCCC3)nc1. The molecule has 0 spiro atoms. The van der Waals surface area contributed by atoms with E-state index in [1.165, 1.54) is 30.9 Å². The minimum absolute atomic E-state index is 0.00215. The largest absolute Gasteiger partial charge is 0.370 e. The molecule has 2 aromatic heterocycles. The van der Waals surface area contributed by atoms with Gasteiger partial charge in [-0.2, -0.15) is 0 Å². The first-order chi connectivity index (χ1) is 10.2. The van der Waals surface area contributed by atoms with Crippen molar-refractivity contribution in [2.24, 2.45) is 0 Å². The monoisotopic (exact) mass is 287 g/mol.